The van der Waals surface area contributed by atoms with E-state index in [1.54, 1.807) is 33.8 Å². The second kappa shape index (κ2) is 7.77. The van der Waals surface area contributed by atoms with Crippen molar-refractivity contribution in [2.45, 2.75) is 59.1 Å². The van der Waals surface area contributed by atoms with Crippen LogP contribution < -0.4 is 5.32 Å². The van der Waals surface area contributed by atoms with Crippen LogP contribution in [0.2, 0.25) is 0 Å². The van der Waals surface area contributed by atoms with Crippen molar-refractivity contribution < 1.29 is 32.7 Å². The molecule has 0 radical (unpaired) electrons. The number of ketones is 2. The smallest absolute Gasteiger partial charge is 0.471 e. The van der Waals surface area contributed by atoms with E-state index in [0.717, 1.165) is 5.56 Å². The number of allylic oxidation sites excluding steroid dienone is 2. The molecule has 0 fully saturated rings. The molecule has 1 aromatic carbocycles. The predicted octanol–water partition coefficient (Wildman–Crippen LogP) is 4.35. The van der Waals surface area contributed by atoms with E-state index in [9.17, 15) is 32.7 Å². The number of rotatable bonds is 4. The zero-order chi connectivity index (χ0) is 21.4. The summed E-state index contributed by atoms with van der Waals surface area (Å²) in [6, 6.07) is 1.63. The fraction of sp³-hybridized carbons (Fsp3) is 0.450. The Labute approximate surface area is 160 Å². The first-order valence-corrected chi connectivity index (χ1v) is 8.85. The predicted molar refractivity (Wildman–Crippen MR) is 97.3 cm³/mol. The van der Waals surface area contributed by atoms with E-state index < -0.39 is 29.6 Å². The topological polar surface area (TPSA) is 83.5 Å². The van der Waals surface area contributed by atoms with Crippen LogP contribution in [0.25, 0.3) is 0 Å². The van der Waals surface area contributed by atoms with Crippen molar-refractivity contribution in [3.8, 4) is 0 Å². The van der Waals surface area contributed by atoms with Gasteiger partial charge in [-0.3, -0.25) is 14.4 Å². The highest BCUT2D eigenvalue weighted by atomic mass is 19.4. The summed E-state index contributed by atoms with van der Waals surface area (Å²) in [5, 5.41) is 12.2. The Bertz CT molecular complexity index is 884. The normalized spacial score (nSPS) is 17.7. The Morgan fingerprint density at radius 3 is 2.29 bits per heavy atom. The Kier molecular flexibility index (Phi) is 6.01. The highest BCUT2D eigenvalue weighted by Gasteiger charge is 2.39. The first kappa shape index (κ1) is 21.7. The number of Topliss-reactive ketones (excluding diaryl/α,β-unsaturated/α-hetero) is 2. The van der Waals surface area contributed by atoms with Gasteiger partial charge in [-0.25, -0.2) is 0 Å². The van der Waals surface area contributed by atoms with E-state index in [1.807, 2.05) is 5.32 Å². The molecule has 0 bridgehead atoms. The number of carbonyl (C=O) groups is 3. The van der Waals surface area contributed by atoms with Gasteiger partial charge in [0.2, 0.25) is 0 Å². The monoisotopic (exact) mass is 397 g/mol. The van der Waals surface area contributed by atoms with Gasteiger partial charge in [0.25, 0.3) is 0 Å². The second-order valence-electron chi connectivity index (χ2n) is 7.00. The Hall–Kier alpha value is -2.64. The molecule has 0 aliphatic heterocycles. The maximum atomic E-state index is 12.7. The Balaban J connectivity index is 2.49. The van der Waals surface area contributed by atoms with Crippen LogP contribution in [-0.4, -0.2) is 28.8 Å². The number of hydrogen-bond donors (Lipinski definition) is 2. The molecule has 2 rings (SSSR count). The molecule has 1 amide bonds. The fourth-order valence-electron chi connectivity index (χ4n) is 3.80. The number of nitrogens with one attached hydrogen (secondary N) is 1. The lowest BCUT2D eigenvalue weighted by atomic mass is 9.77. The Morgan fingerprint density at radius 1 is 1.18 bits per heavy atom. The summed E-state index contributed by atoms with van der Waals surface area (Å²) in [7, 11) is 0. The molecule has 28 heavy (non-hydrogen) atoms. The van der Waals surface area contributed by atoms with E-state index in [4.69, 9.17) is 0 Å². The summed E-state index contributed by atoms with van der Waals surface area (Å²) in [6.07, 6.45) is -4.94. The van der Waals surface area contributed by atoms with Crippen LogP contribution in [0.4, 0.5) is 18.9 Å². The van der Waals surface area contributed by atoms with Gasteiger partial charge in [-0.05, 0) is 48.9 Å². The van der Waals surface area contributed by atoms with Gasteiger partial charge in [0.05, 0.1) is 5.57 Å². The molecule has 0 saturated heterocycles. The summed E-state index contributed by atoms with van der Waals surface area (Å²) in [5.74, 6) is -3.79. The summed E-state index contributed by atoms with van der Waals surface area (Å²) in [6.45, 7) is 6.49. The molecule has 0 heterocycles. The average Bonchev–Trinajstić information content (AvgIpc) is 2.56. The van der Waals surface area contributed by atoms with E-state index >= 15 is 0 Å². The molecule has 0 spiro atoms. The van der Waals surface area contributed by atoms with E-state index in [2.05, 4.69) is 0 Å². The molecule has 8 heteroatoms. The molecule has 1 atom stereocenters. The number of aryl methyl sites for hydroxylation is 2. The molecule has 5 nitrogen and oxygen atoms in total. The van der Waals surface area contributed by atoms with Gasteiger partial charge in [-0.2, -0.15) is 13.2 Å². The van der Waals surface area contributed by atoms with Crippen molar-refractivity contribution in [1.82, 2.24) is 0 Å². The highest BCUT2D eigenvalue weighted by molar-refractivity contribution is 6.21. The molecule has 1 unspecified atom stereocenters. The number of aliphatic hydroxyl groups excluding tert-OH is 1. The largest absolute Gasteiger partial charge is 0.511 e. The zero-order valence-corrected chi connectivity index (χ0v) is 16.1. The molecule has 1 aromatic rings. The maximum Gasteiger partial charge on any atom is 0.471 e. The van der Waals surface area contributed by atoms with Crippen molar-refractivity contribution >= 4 is 23.2 Å². The third kappa shape index (κ3) is 4.10. The molecule has 0 aromatic heterocycles. The number of carbonyl (C=O) groups excluding carboxylic acids is 3. The van der Waals surface area contributed by atoms with Crippen LogP contribution in [0.5, 0.6) is 0 Å². The van der Waals surface area contributed by atoms with Gasteiger partial charge >= 0.3 is 12.1 Å². The van der Waals surface area contributed by atoms with E-state index in [1.165, 1.54) is 0 Å². The molecule has 152 valence electrons. The SMILES string of the molecule is CCC(=O)C1=C(O)CC(c2c(C)cc(C)c(NC(=O)C(F)(F)F)c2C)CC1=O. The van der Waals surface area contributed by atoms with Crippen LogP contribution >= 0.6 is 0 Å². The average molecular weight is 397 g/mol. The van der Waals surface area contributed by atoms with Gasteiger partial charge in [0.15, 0.2) is 11.6 Å². The lowest BCUT2D eigenvalue weighted by Crippen LogP contribution is -2.31. The van der Waals surface area contributed by atoms with E-state index in [-0.39, 0.29) is 36.3 Å². The number of alkyl halides is 3. The summed E-state index contributed by atoms with van der Waals surface area (Å²) < 4.78 is 38.0. The molecule has 1 aliphatic rings. The number of hydrogen-bond acceptors (Lipinski definition) is 4. The van der Waals surface area contributed by atoms with Crippen molar-refractivity contribution in [1.29, 1.82) is 0 Å². The van der Waals surface area contributed by atoms with Gasteiger partial charge < -0.3 is 10.4 Å². The van der Waals surface area contributed by atoms with Crippen LogP contribution in [0.3, 0.4) is 0 Å². The van der Waals surface area contributed by atoms with Crippen molar-refractivity contribution in [3.63, 3.8) is 0 Å². The highest BCUT2D eigenvalue weighted by Crippen LogP contribution is 2.40. The van der Waals surface area contributed by atoms with Crippen LogP contribution in [0.1, 0.15) is 54.4 Å². The lowest BCUT2D eigenvalue weighted by molar-refractivity contribution is -0.167. The first-order chi connectivity index (χ1) is 12.9. The fourth-order valence-corrected chi connectivity index (χ4v) is 3.80. The number of anilines is 1. The van der Waals surface area contributed by atoms with Gasteiger partial charge in [-0.1, -0.05) is 13.0 Å². The first-order valence-electron chi connectivity index (χ1n) is 8.85. The summed E-state index contributed by atoms with van der Waals surface area (Å²) in [4.78, 5) is 35.7. The standard InChI is InChI=1S/C20H22F3NO4/c1-5-13(25)17-14(26)7-12(8-15(17)27)16-9(2)6-10(3)18(11(16)4)24-19(28)20(21,22)23/h6,12,26H,5,7-8H2,1-4H3,(H,24,28). The van der Waals surface area contributed by atoms with Crippen molar-refractivity contribution in [2.75, 3.05) is 5.32 Å². The minimum atomic E-state index is -5.03. The van der Waals surface area contributed by atoms with Gasteiger partial charge in [-0.15, -0.1) is 0 Å². The van der Waals surface area contributed by atoms with Gasteiger partial charge in [0, 0.05) is 24.9 Å². The number of benzene rings is 1. The molecular formula is C20H22F3NO4. The number of aliphatic hydroxyl groups is 1. The van der Waals surface area contributed by atoms with Crippen molar-refractivity contribution in [3.05, 3.63) is 39.7 Å². The maximum absolute atomic E-state index is 12.7. The van der Waals surface area contributed by atoms with Crippen molar-refractivity contribution in [2.24, 2.45) is 0 Å². The number of amides is 1. The Morgan fingerprint density at radius 2 is 1.79 bits per heavy atom. The molecule has 0 saturated carbocycles. The minimum absolute atomic E-state index is 0.0320. The molecule has 1 aliphatic carbocycles. The minimum Gasteiger partial charge on any atom is -0.511 e. The van der Waals surface area contributed by atoms with Crippen LogP contribution in [0.15, 0.2) is 17.4 Å². The van der Waals surface area contributed by atoms with Crippen LogP contribution in [0, 0.1) is 20.8 Å². The quantitative estimate of drug-likeness (QED) is 0.740. The number of halogens is 3. The molecule has 2 N–H and O–H groups in total. The van der Waals surface area contributed by atoms with E-state index in [0.29, 0.717) is 16.7 Å². The lowest BCUT2D eigenvalue weighted by Gasteiger charge is -2.28. The second-order valence-corrected chi connectivity index (χ2v) is 7.00. The third-order valence-electron chi connectivity index (χ3n) is 4.97. The van der Waals surface area contributed by atoms with Crippen LogP contribution in [-0.2, 0) is 14.4 Å². The summed E-state index contributed by atoms with van der Waals surface area (Å²) >= 11 is 0. The third-order valence-corrected chi connectivity index (χ3v) is 4.97. The summed E-state index contributed by atoms with van der Waals surface area (Å²) in [5.41, 5.74) is 2.04. The molecular weight excluding hydrogens is 375 g/mol. The van der Waals surface area contributed by atoms with Gasteiger partial charge in [0.1, 0.15) is 5.76 Å². The zero-order valence-electron chi connectivity index (χ0n) is 16.1.